The molecular formula is C26H27F3N4O4S. The molecule has 0 saturated carbocycles. The van der Waals surface area contributed by atoms with E-state index in [0.717, 1.165) is 31.9 Å². The molecule has 1 atom stereocenters. The monoisotopic (exact) mass is 548 g/mol. The van der Waals surface area contributed by atoms with E-state index < -0.39 is 17.8 Å². The number of aryl methyl sites for hydroxylation is 1. The molecule has 0 radical (unpaired) electrons. The number of halogens is 3. The van der Waals surface area contributed by atoms with E-state index in [4.69, 9.17) is 4.74 Å². The summed E-state index contributed by atoms with van der Waals surface area (Å²) in [6.45, 7) is 4.76. The van der Waals surface area contributed by atoms with Crippen molar-refractivity contribution in [1.82, 2.24) is 14.5 Å². The predicted octanol–water partition coefficient (Wildman–Crippen LogP) is 4.39. The molecule has 8 nitrogen and oxygen atoms in total. The van der Waals surface area contributed by atoms with Crippen LogP contribution in [0, 0.1) is 6.92 Å². The highest BCUT2D eigenvalue weighted by atomic mass is 32.1. The van der Waals surface area contributed by atoms with Gasteiger partial charge in [0.05, 0.1) is 26.5 Å². The van der Waals surface area contributed by atoms with Crippen molar-refractivity contribution in [2.75, 3.05) is 44.2 Å². The van der Waals surface area contributed by atoms with Crippen LogP contribution in [0.25, 0.3) is 15.9 Å². The van der Waals surface area contributed by atoms with Crippen LogP contribution in [-0.2, 0) is 6.18 Å². The van der Waals surface area contributed by atoms with Crippen molar-refractivity contribution >= 4 is 27.2 Å². The number of aromatic nitrogens is 2. The molecular weight excluding hydrogens is 521 g/mol. The predicted molar refractivity (Wildman–Crippen MR) is 139 cm³/mol. The molecule has 1 unspecified atom stereocenters. The zero-order chi connectivity index (χ0) is 27.0. The summed E-state index contributed by atoms with van der Waals surface area (Å²) in [6, 6.07) is 11.3. The zero-order valence-corrected chi connectivity index (χ0v) is 21.3. The van der Waals surface area contributed by atoms with Gasteiger partial charge in [0.25, 0.3) is 0 Å². The number of anilines is 1. The molecule has 1 aliphatic heterocycles. The Labute approximate surface area is 220 Å². The van der Waals surface area contributed by atoms with Crippen molar-refractivity contribution < 1.29 is 33.2 Å². The third-order valence-corrected chi connectivity index (χ3v) is 7.43. The number of thiazole rings is 1. The number of piperazine rings is 1. The molecule has 202 valence electrons. The fraction of sp³-hybridized carbons (Fsp3) is 0.346. The lowest BCUT2D eigenvalue weighted by Gasteiger charge is -2.36. The summed E-state index contributed by atoms with van der Waals surface area (Å²) in [5.41, 5.74) is 0.660. The summed E-state index contributed by atoms with van der Waals surface area (Å²) in [5, 5.41) is 32.7. The second-order valence-corrected chi connectivity index (χ2v) is 10.4. The number of benzene rings is 2. The molecule has 1 saturated heterocycles. The highest BCUT2D eigenvalue weighted by Gasteiger charge is 2.30. The quantitative estimate of drug-likeness (QED) is 0.316. The lowest BCUT2D eigenvalue weighted by molar-refractivity contribution is -0.137. The van der Waals surface area contributed by atoms with E-state index >= 15 is 0 Å². The molecule has 12 heteroatoms. The van der Waals surface area contributed by atoms with E-state index in [-0.39, 0.29) is 24.1 Å². The van der Waals surface area contributed by atoms with Crippen LogP contribution in [0.15, 0.2) is 48.5 Å². The van der Waals surface area contributed by atoms with Gasteiger partial charge in [-0.25, -0.2) is 9.55 Å². The van der Waals surface area contributed by atoms with Gasteiger partial charge in [-0.05, 0) is 43.3 Å². The summed E-state index contributed by atoms with van der Waals surface area (Å²) in [5.74, 6) is 0.120. The minimum Gasteiger partial charge on any atom is -0.494 e. The Bertz CT molecular complexity index is 1410. The molecule has 2 aromatic heterocycles. The lowest BCUT2D eigenvalue weighted by atomic mass is 10.2. The minimum absolute atomic E-state index is 0.138. The van der Waals surface area contributed by atoms with E-state index in [0.29, 0.717) is 44.2 Å². The smallest absolute Gasteiger partial charge is 0.416 e. The van der Waals surface area contributed by atoms with Crippen molar-refractivity contribution in [3.63, 3.8) is 0 Å². The zero-order valence-electron chi connectivity index (χ0n) is 20.5. The maximum absolute atomic E-state index is 12.9. The fourth-order valence-corrected chi connectivity index (χ4v) is 5.40. The molecule has 0 amide bonds. The molecule has 5 rings (SSSR count). The lowest BCUT2D eigenvalue weighted by Crippen LogP contribution is -2.49. The minimum atomic E-state index is -4.47. The van der Waals surface area contributed by atoms with Crippen LogP contribution in [0.2, 0.25) is 0 Å². The highest BCUT2D eigenvalue weighted by molar-refractivity contribution is 7.18. The van der Waals surface area contributed by atoms with Gasteiger partial charge in [-0.3, -0.25) is 4.90 Å². The molecule has 2 aromatic carbocycles. The van der Waals surface area contributed by atoms with E-state index in [1.165, 1.54) is 18.2 Å². The summed E-state index contributed by atoms with van der Waals surface area (Å²) in [6.07, 6.45) is -5.17. The second-order valence-electron chi connectivity index (χ2n) is 9.21. The topological polar surface area (TPSA) is 94.2 Å². The van der Waals surface area contributed by atoms with Gasteiger partial charge < -0.3 is 25.0 Å². The number of hydrogen-bond acceptors (Lipinski definition) is 8. The number of alkyl halides is 3. The van der Waals surface area contributed by atoms with Gasteiger partial charge in [-0.1, -0.05) is 0 Å². The van der Waals surface area contributed by atoms with Crippen LogP contribution in [0.5, 0.6) is 17.5 Å². The number of β-amino-alcohol motifs (C(OH)–C–C–N with tert-alkyl or cyclic N) is 1. The Kier molecular flexibility index (Phi) is 7.12. The van der Waals surface area contributed by atoms with Crippen LogP contribution in [0.3, 0.4) is 0 Å². The maximum atomic E-state index is 12.9. The Morgan fingerprint density at radius 1 is 1.03 bits per heavy atom. The number of fused-ring (bicyclic) bond motifs is 1. The van der Waals surface area contributed by atoms with Gasteiger partial charge in [-0.15, -0.1) is 11.3 Å². The number of rotatable bonds is 7. The number of aliphatic hydroxyl groups is 1. The fourth-order valence-electron chi connectivity index (χ4n) is 4.59. The van der Waals surface area contributed by atoms with Crippen LogP contribution in [-0.4, -0.2) is 75.2 Å². The number of hydrogen-bond donors (Lipinski definition) is 3. The maximum Gasteiger partial charge on any atom is 0.416 e. The number of aromatic hydroxyl groups is 2. The summed E-state index contributed by atoms with van der Waals surface area (Å²) < 4.78 is 46.6. The SMILES string of the molecule is Cc1nc2cc(OCC(O)CN3CCN(c4cc(O)n(-c5ccc(C(F)(F)F)cc5)c4O)CC3)ccc2s1. The van der Waals surface area contributed by atoms with E-state index in [1.54, 1.807) is 11.3 Å². The van der Waals surface area contributed by atoms with Crippen molar-refractivity contribution in [3.8, 4) is 23.2 Å². The Hall–Kier alpha value is -3.48. The second kappa shape index (κ2) is 10.4. The van der Waals surface area contributed by atoms with Gasteiger partial charge in [0, 0.05) is 44.9 Å². The van der Waals surface area contributed by atoms with Crippen molar-refractivity contribution in [3.05, 3.63) is 59.1 Å². The van der Waals surface area contributed by atoms with Gasteiger partial charge in [-0.2, -0.15) is 13.2 Å². The van der Waals surface area contributed by atoms with Crippen molar-refractivity contribution in [2.24, 2.45) is 0 Å². The van der Waals surface area contributed by atoms with Crippen molar-refractivity contribution in [2.45, 2.75) is 19.2 Å². The third-order valence-electron chi connectivity index (χ3n) is 6.48. The van der Waals surface area contributed by atoms with E-state index in [9.17, 15) is 28.5 Å². The van der Waals surface area contributed by atoms with Crippen LogP contribution in [0.4, 0.5) is 18.9 Å². The third kappa shape index (κ3) is 5.52. The summed E-state index contributed by atoms with van der Waals surface area (Å²) in [7, 11) is 0. The normalized spacial score (nSPS) is 15.8. The van der Waals surface area contributed by atoms with Crippen LogP contribution >= 0.6 is 11.3 Å². The van der Waals surface area contributed by atoms with E-state index in [1.807, 2.05) is 30.0 Å². The number of aliphatic hydroxyl groups excluding tert-OH is 1. The molecule has 4 aromatic rings. The van der Waals surface area contributed by atoms with E-state index in [2.05, 4.69) is 9.88 Å². The first kappa shape index (κ1) is 26.1. The first-order valence-corrected chi connectivity index (χ1v) is 12.9. The number of nitrogens with zero attached hydrogens (tertiary/aromatic N) is 4. The average Bonchev–Trinajstić information content (AvgIpc) is 3.40. The number of ether oxygens (including phenoxy) is 1. The molecule has 1 aliphatic rings. The van der Waals surface area contributed by atoms with Gasteiger partial charge in [0.1, 0.15) is 24.1 Å². The molecule has 0 spiro atoms. The molecule has 38 heavy (non-hydrogen) atoms. The Balaban J connectivity index is 1.15. The molecule has 1 fully saturated rings. The Morgan fingerprint density at radius 3 is 2.42 bits per heavy atom. The van der Waals surface area contributed by atoms with Gasteiger partial charge in [0.2, 0.25) is 11.8 Å². The first-order valence-electron chi connectivity index (χ1n) is 12.0. The first-order chi connectivity index (χ1) is 18.1. The largest absolute Gasteiger partial charge is 0.494 e. The van der Waals surface area contributed by atoms with Gasteiger partial charge in [0.15, 0.2) is 0 Å². The molecule has 3 N–H and O–H groups in total. The highest BCUT2D eigenvalue weighted by Crippen LogP contribution is 2.39. The standard InChI is InChI=1S/C26H27F3N4O4S/c1-16-30-21-12-20(6-7-23(21)38-16)37-15-19(34)14-31-8-10-32(11-9-31)22-13-24(35)33(25(22)36)18-4-2-17(3-5-18)26(27,28)29/h2-7,12-13,19,34-36H,8-11,14-15H2,1H3. The summed E-state index contributed by atoms with van der Waals surface area (Å²) >= 11 is 1.62. The van der Waals surface area contributed by atoms with Crippen LogP contribution in [0.1, 0.15) is 10.6 Å². The van der Waals surface area contributed by atoms with Gasteiger partial charge >= 0.3 is 6.18 Å². The molecule has 0 bridgehead atoms. The van der Waals surface area contributed by atoms with Crippen LogP contribution < -0.4 is 9.64 Å². The molecule has 3 heterocycles. The average molecular weight is 549 g/mol. The summed E-state index contributed by atoms with van der Waals surface area (Å²) in [4.78, 5) is 8.43. The van der Waals surface area contributed by atoms with Crippen molar-refractivity contribution in [1.29, 1.82) is 0 Å². The Morgan fingerprint density at radius 2 is 1.74 bits per heavy atom. The molecule has 0 aliphatic carbocycles.